The van der Waals surface area contributed by atoms with Crippen molar-refractivity contribution in [1.82, 2.24) is 9.78 Å². The topological polar surface area (TPSA) is 41.6 Å². The van der Waals surface area contributed by atoms with E-state index in [0.29, 0.717) is 5.56 Å². The molecule has 1 aromatic carbocycles. The molecule has 0 aliphatic carbocycles. The van der Waals surface area contributed by atoms with Gasteiger partial charge in [-0.2, -0.15) is 10.4 Å². The molecule has 0 aliphatic heterocycles. The van der Waals surface area contributed by atoms with E-state index >= 15 is 0 Å². The van der Waals surface area contributed by atoms with Gasteiger partial charge in [-0.05, 0) is 34.1 Å². The molecule has 2 rings (SSSR count). The van der Waals surface area contributed by atoms with E-state index in [0.717, 1.165) is 14.3 Å². The highest BCUT2D eigenvalue weighted by atomic mass is 79.9. The van der Waals surface area contributed by atoms with Gasteiger partial charge in [-0.3, -0.25) is 4.68 Å². The van der Waals surface area contributed by atoms with Gasteiger partial charge in [0.1, 0.15) is 0 Å². The SMILES string of the molecule is Cn1cc(Sc2ccc(C#N)cc2Br)cn1. The highest BCUT2D eigenvalue weighted by Gasteiger charge is 2.04. The van der Waals surface area contributed by atoms with Gasteiger partial charge < -0.3 is 0 Å². The summed E-state index contributed by atoms with van der Waals surface area (Å²) in [6.07, 6.45) is 3.77. The van der Waals surface area contributed by atoms with Crippen LogP contribution in [0.25, 0.3) is 0 Å². The summed E-state index contributed by atoms with van der Waals surface area (Å²) in [5.74, 6) is 0. The van der Waals surface area contributed by atoms with Gasteiger partial charge >= 0.3 is 0 Å². The summed E-state index contributed by atoms with van der Waals surface area (Å²) in [7, 11) is 1.89. The van der Waals surface area contributed by atoms with Crippen LogP contribution >= 0.6 is 27.7 Å². The van der Waals surface area contributed by atoms with Crippen LogP contribution in [0.2, 0.25) is 0 Å². The lowest BCUT2D eigenvalue weighted by Gasteiger charge is -2.01. The van der Waals surface area contributed by atoms with Crippen molar-refractivity contribution in [3.8, 4) is 6.07 Å². The molecule has 0 amide bonds. The molecular weight excluding hydrogens is 286 g/mol. The first-order valence-electron chi connectivity index (χ1n) is 4.55. The van der Waals surface area contributed by atoms with Gasteiger partial charge in [0.2, 0.25) is 0 Å². The molecule has 2 aromatic rings. The Labute approximate surface area is 106 Å². The van der Waals surface area contributed by atoms with Crippen LogP contribution in [-0.4, -0.2) is 9.78 Å². The second kappa shape index (κ2) is 4.73. The standard InChI is InChI=1S/C11H8BrN3S/c1-15-7-9(6-14-15)16-11-3-2-8(5-13)4-10(11)12/h2-4,6-7H,1H3. The lowest BCUT2D eigenvalue weighted by Crippen LogP contribution is -1.84. The molecular formula is C11H8BrN3S. The molecule has 0 atom stereocenters. The number of benzene rings is 1. The van der Waals surface area contributed by atoms with Crippen LogP contribution in [0.5, 0.6) is 0 Å². The molecule has 0 N–H and O–H groups in total. The fourth-order valence-electron chi connectivity index (χ4n) is 1.23. The molecule has 0 bridgehead atoms. The summed E-state index contributed by atoms with van der Waals surface area (Å²) in [6.45, 7) is 0. The predicted molar refractivity (Wildman–Crippen MR) is 66.2 cm³/mol. The molecule has 5 heteroatoms. The lowest BCUT2D eigenvalue weighted by molar-refractivity contribution is 0.766. The summed E-state index contributed by atoms with van der Waals surface area (Å²) in [4.78, 5) is 2.15. The Morgan fingerprint density at radius 2 is 2.31 bits per heavy atom. The van der Waals surface area contributed by atoms with Crippen LogP contribution < -0.4 is 0 Å². The summed E-state index contributed by atoms with van der Waals surface area (Å²) in [5, 5.41) is 12.9. The summed E-state index contributed by atoms with van der Waals surface area (Å²) in [6, 6.07) is 7.67. The van der Waals surface area contributed by atoms with Gasteiger partial charge in [0.05, 0.1) is 22.7 Å². The van der Waals surface area contributed by atoms with Gasteiger partial charge in [0.15, 0.2) is 0 Å². The lowest BCUT2D eigenvalue weighted by atomic mass is 10.2. The number of rotatable bonds is 2. The van der Waals surface area contributed by atoms with Gasteiger partial charge in [-0.25, -0.2) is 0 Å². The molecule has 16 heavy (non-hydrogen) atoms. The summed E-state index contributed by atoms with van der Waals surface area (Å²) < 4.78 is 2.69. The minimum atomic E-state index is 0.655. The van der Waals surface area contributed by atoms with Crippen LogP contribution in [0.4, 0.5) is 0 Å². The zero-order valence-electron chi connectivity index (χ0n) is 8.51. The van der Waals surface area contributed by atoms with E-state index in [1.807, 2.05) is 37.6 Å². The van der Waals surface area contributed by atoms with Crippen molar-refractivity contribution in [2.24, 2.45) is 7.05 Å². The van der Waals surface area contributed by atoms with Crippen molar-refractivity contribution in [3.63, 3.8) is 0 Å². The van der Waals surface area contributed by atoms with Crippen LogP contribution in [0.3, 0.4) is 0 Å². The molecule has 0 aliphatic rings. The number of hydrogen-bond acceptors (Lipinski definition) is 3. The number of aromatic nitrogens is 2. The monoisotopic (exact) mass is 293 g/mol. The summed E-state index contributed by atoms with van der Waals surface area (Å²) >= 11 is 5.07. The first kappa shape index (κ1) is 11.2. The fourth-order valence-corrected chi connectivity index (χ4v) is 2.70. The van der Waals surface area contributed by atoms with Crippen LogP contribution in [0.15, 0.2) is 44.9 Å². The highest BCUT2D eigenvalue weighted by molar-refractivity contribution is 9.10. The van der Waals surface area contributed by atoms with E-state index in [1.54, 1.807) is 16.4 Å². The summed E-state index contributed by atoms with van der Waals surface area (Å²) in [5.41, 5.74) is 0.655. The van der Waals surface area contributed by atoms with Crippen LogP contribution in [-0.2, 0) is 7.05 Å². The van der Waals surface area contributed by atoms with Crippen molar-refractivity contribution in [1.29, 1.82) is 5.26 Å². The maximum absolute atomic E-state index is 8.76. The Morgan fingerprint density at radius 3 is 2.88 bits per heavy atom. The Kier molecular flexibility index (Phi) is 3.32. The Balaban J connectivity index is 2.26. The Morgan fingerprint density at radius 1 is 1.50 bits per heavy atom. The van der Waals surface area contributed by atoms with Gasteiger partial charge in [-0.15, -0.1) is 0 Å². The minimum Gasteiger partial charge on any atom is -0.275 e. The van der Waals surface area contributed by atoms with Crippen molar-refractivity contribution in [2.45, 2.75) is 9.79 Å². The molecule has 0 fully saturated rings. The minimum absolute atomic E-state index is 0.655. The van der Waals surface area contributed by atoms with E-state index in [1.165, 1.54) is 0 Å². The van der Waals surface area contributed by atoms with Gasteiger partial charge in [0.25, 0.3) is 0 Å². The molecule has 80 valence electrons. The van der Waals surface area contributed by atoms with E-state index in [-0.39, 0.29) is 0 Å². The second-order valence-electron chi connectivity index (χ2n) is 3.21. The largest absolute Gasteiger partial charge is 0.275 e. The van der Waals surface area contributed by atoms with Crippen molar-refractivity contribution in [2.75, 3.05) is 0 Å². The third kappa shape index (κ3) is 2.46. The van der Waals surface area contributed by atoms with E-state index < -0.39 is 0 Å². The molecule has 0 unspecified atom stereocenters. The smallest absolute Gasteiger partial charge is 0.0992 e. The molecule has 0 radical (unpaired) electrons. The number of nitrogens with zero attached hydrogens (tertiary/aromatic N) is 3. The normalized spacial score (nSPS) is 10.1. The first-order valence-corrected chi connectivity index (χ1v) is 6.16. The van der Waals surface area contributed by atoms with Crippen LogP contribution in [0.1, 0.15) is 5.56 Å². The molecule has 1 aromatic heterocycles. The number of hydrogen-bond donors (Lipinski definition) is 0. The third-order valence-corrected chi connectivity index (χ3v) is 3.91. The average molecular weight is 294 g/mol. The first-order chi connectivity index (χ1) is 7.69. The van der Waals surface area contributed by atoms with E-state index in [2.05, 4.69) is 27.1 Å². The second-order valence-corrected chi connectivity index (χ2v) is 5.18. The van der Waals surface area contributed by atoms with Crippen molar-refractivity contribution < 1.29 is 0 Å². The molecule has 3 nitrogen and oxygen atoms in total. The third-order valence-electron chi connectivity index (χ3n) is 1.97. The Hall–Kier alpha value is -1.25. The maximum atomic E-state index is 8.76. The fraction of sp³-hybridized carbons (Fsp3) is 0.0909. The van der Waals surface area contributed by atoms with Crippen molar-refractivity contribution >= 4 is 27.7 Å². The van der Waals surface area contributed by atoms with Gasteiger partial charge in [-0.1, -0.05) is 11.8 Å². The molecule has 0 saturated heterocycles. The van der Waals surface area contributed by atoms with Crippen molar-refractivity contribution in [3.05, 3.63) is 40.6 Å². The van der Waals surface area contributed by atoms with Gasteiger partial charge in [0, 0.05) is 22.6 Å². The average Bonchev–Trinajstić information content (AvgIpc) is 2.67. The zero-order valence-corrected chi connectivity index (χ0v) is 10.9. The van der Waals surface area contributed by atoms with Crippen LogP contribution in [0, 0.1) is 11.3 Å². The maximum Gasteiger partial charge on any atom is 0.0992 e. The predicted octanol–water partition coefficient (Wildman–Crippen LogP) is 3.21. The number of halogens is 1. The zero-order chi connectivity index (χ0) is 11.5. The number of aryl methyl sites for hydroxylation is 1. The van der Waals surface area contributed by atoms with E-state index in [9.17, 15) is 0 Å². The highest BCUT2D eigenvalue weighted by Crippen LogP contribution is 2.33. The molecule has 0 saturated carbocycles. The Bertz CT molecular complexity index is 557. The molecule has 1 heterocycles. The van der Waals surface area contributed by atoms with E-state index in [4.69, 9.17) is 5.26 Å². The molecule has 0 spiro atoms. The quantitative estimate of drug-likeness (QED) is 0.854. The number of nitriles is 1.